The van der Waals surface area contributed by atoms with Crippen molar-refractivity contribution < 1.29 is 4.79 Å². The predicted molar refractivity (Wildman–Crippen MR) is 73.1 cm³/mol. The molecular weight excluding hydrogens is 246 g/mol. The molecule has 0 aliphatic heterocycles. The molecule has 3 rings (SSSR count). The molecule has 5 heteroatoms. The van der Waals surface area contributed by atoms with E-state index in [9.17, 15) is 4.79 Å². The number of amides is 1. The summed E-state index contributed by atoms with van der Waals surface area (Å²) in [4.78, 5) is 19.9. The Morgan fingerprint density at radius 2 is 2.28 bits per heavy atom. The third-order valence-electron chi connectivity index (χ3n) is 2.75. The van der Waals surface area contributed by atoms with E-state index in [1.807, 2.05) is 36.6 Å². The fraction of sp³-hybridized carbons (Fsp3) is 0.0769. The van der Waals surface area contributed by atoms with E-state index in [-0.39, 0.29) is 5.91 Å². The molecule has 0 bridgehead atoms. The molecule has 3 aromatic rings. The first kappa shape index (κ1) is 11.0. The summed E-state index contributed by atoms with van der Waals surface area (Å²) in [5, 5.41) is 4.81. The second-order valence-electron chi connectivity index (χ2n) is 4.02. The number of aromatic amines is 1. The van der Waals surface area contributed by atoms with Crippen LogP contribution in [0, 0.1) is 6.92 Å². The summed E-state index contributed by atoms with van der Waals surface area (Å²) in [6.07, 6.45) is 1.64. The molecule has 0 radical (unpaired) electrons. The van der Waals surface area contributed by atoms with Gasteiger partial charge in [-0.2, -0.15) is 0 Å². The van der Waals surface area contributed by atoms with Crippen molar-refractivity contribution >= 4 is 34.0 Å². The molecule has 0 fully saturated rings. The second-order valence-corrected chi connectivity index (χ2v) is 4.94. The van der Waals surface area contributed by atoms with E-state index in [0.29, 0.717) is 0 Å². The summed E-state index contributed by atoms with van der Waals surface area (Å²) in [5.41, 5.74) is 3.57. The molecule has 0 aliphatic rings. The third kappa shape index (κ3) is 1.89. The van der Waals surface area contributed by atoms with Crippen LogP contribution in [0.5, 0.6) is 0 Å². The van der Waals surface area contributed by atoms with Crippen LogP contribution in [0.4, 0.5) is 5.69 Å². The zero-order chi connectivity index (χ0) is 12.5. The molecule has 2 aromatic heterocycles. The summed E-state index contributed by atoms with van der Waals surface area (Å²) in [6, 6.07) is 7.55. The van der Waals surface area contributed by atoms with Gasteiger partial charge in [0, 0.05) is 5.69 Å². The largest absolute Gasteiger partial charge is 0.345 e. The first-order valence-electron chi connectivity index (χ1n) is 5.52. The number of nitrogens with one attached hydrogen (secondary N) is 2. The number of aromatic nitrogens is 2. The molecule has 0 unspecified atom stereocenters. The van der Waals surface area contributed by atoms with Crippen LogP contribution in [0.1, 0.15) is 15.2 Å². The fourth-order valence-electron chi connectivity index (χ4n) is 1.81. The molecule has 0 saturated heterocycles. The maximum atomic E-state index is 12.0. The molecule has 1 amide bonds. The summed E-state index contributed by atoms with van der Waals surface area (Å²) in [7, 11) is 0. The number of rotatable bonds is 2. The molecule has 0 aliphatic carbocycles. The van der Waals surface area contributed by atoms with Crippen molar-refractivity contribution in [2.24, 2.45) is 0 Å². The number of benzene rings is 1. The van der Waals surface area contributed by atoms with Crippen molar-refractivity contribution in [3.8, 4) is 0 Å². The SMILES string of the molecule is Cc1ccsc1C(=O)Nc1ccc2nc[nH]c2c1. The highest BCUT2D eigenvalue weighted by Gasteiger charge is 2.10. The summed E-state index contributed by atoms with van der Waals surface area (Å²) >= 11 is 1.45. The first-order chi connectivity index (χ1) is 8.74. The Balaban J connectivity index is 1.88. The number of carbonyl (C=O) groups excluding carboxylic acids is 1. The highest BCUT2D eigenvalue weighted by molar-refractivity contribution is 7.12. The lowest BCUT2D eigenvalue weighted by Crippen LogP contribution is -2.11. The van der Waals surface area contributed by atoms with Gasteiger partial charge in [0.1, 0.15) is 0 Å². The van der Waals surface area contributed by atoms with Gasteiger partial charge in [-0.1, -0.05) is 0 Å². The first-order valence-corrected chi connectivity index (χ1v) is 6.40. The number of imidazole rings is 1. The van der Waals surface area contributed by atoms with Crippen LogP contribution < -0.4 is 5.32 Å². The summed E-state index contributed by atoms with van der Waals surface area (Å²) in [5.74, 6) is -0.0682. The van der Waals surface area contributed by atoms with Gasteiger partial charge < -0.3 is 10.3 Å². The Labute approximate surface area is 108 Å². The van der Waals surface area contributed by atoms with Crippen molar-refractivity contribution in [3.05, 3.63) is 46.4 Å². The van der Waals surface area contributed by atoms with Crippen LogP contribution in [-0.4, -0.2) is 15.9 Å². The maximum absolute atomic E-state index is 12.0. The molecular formula is C13H11N3OS. The normalized spacial score (nSPS) is 10.7. The smallest absolute Gasteiger partial charge is 0.265 e. The lowest BCUT2D eigenvalue weighted by molar-refractivity contribution is 0.103. The van der Waals surface area contributed by atoms with Crippen LogP contribution in [0.25, 0.3) is 11.0 Å². The van der Waals surface area contributed by atoms with Crippen molar-refractivity contribution in [1.29, 1.82) is 0 Å². The van der Waals surface area contributed by atoms with Gasteiger partial charge in [-0.25, -0.2) is 4.98 Å². The minimum atomic E-state index is -0.0682. The zero-order valence-corrected chi connectivity index (χ0v) is 10.5. The Bertz CT molecular complexity index is 714. The number of carbonyl (C=O) groups is 1. The molecule has 0 spiro atoms. The van der Waals surface area contributed by atoms with Crippen LogP contribution >= 0.6 is 11.3 Å². The number of aryl methyl sites for hydroxylation is 1. The van der Waals surface area contributed by atoms with Gasteiger partial charge >= 0.3 is 0 Å². The van der Waals surface area contributed by atoms with E-state index in [4.69, 9.17) is 0 Å². The van der Waals surface area contributed by atoms with Crippen molar-refractivity contribution in [2.45, 2.75) is 6.92 Å². The fourth-order valence-corrected chi connectivity index (χ4v) is 2.63. The van der Waals surface area contributed by atoms with E-state index in [1.165, 1.54) is 11.3 Å². The van der Waals surface area contributed by atoms with Crippen LogP contribution in [-0.2, 0) is 0 Å². The highest BCUT2D eigenvalue weighted by atomic mass is 32.1. The number of H-pyrrole nitrogens is 1. The number of hydrogen-bond donors (Lipinski definition) is 2. The predicted octanol–water partition coefficient (Wildman–Crippen LogP) is 3.19. The number of anilines is 1. The Morgan fingerprint density at radius 3 is 3.06 bits per heavy atom. The highest BCUT2D eigenvalue weighted by Crippen LogP contribution is 2.20. The van der Waals surface area contributed by atoms with E-state index in [1.54, 1.807) is 6.33 Å². The number of fused-ring (bicyclic) bond motifs is 1. The summed E-state index contributed by atoms with van der Waals surface area (Å²) < 4.78 is 0. The van der Waals surface area contributed by atoms with E-state index in [2.05, 4.69) is 15.3 Å². The van der Waals surface area contributed by atoms with Gasteiger partial charge in [0.2, 0.25) is 0 Å². The Morgan fingerprint density at radius 1 is 1.39 bits per heavy atom. The Kier molecular flexibility index (Phi) is 2.60. The summed E-state index contributed by atoms with van der Waals surface area (Å²) in [6.45, 7) is 1.93. The monoisotopic (exact) mass is 257 g/mol. The zero-order valence-electron chi connectivity index (χ0n) is 9.73. The number of nitrogens with zero attached hydrogens (tertiary/aromatic N) is 1. The van der Waals surface area contributed by atoms with Crippen molar-refractivity contribution in [1.82, 2.24) is 9.97 Å². The van der Waals surface area contributed by atoms with E-state index in [0.717, 1.165) is 27.2 Å². The average molecular weight is 257 g/mol. The van der Waals surface area contributed by atoms with Crippen molar-refractivity contribution in [3.63, 3.8) is 0 Å². The van der Waals surface area contributed by atoms with Crippen molar-refractivity contribution in [2.75, 3.05) is 5.32 Å². The van der Waals surface area contributed by atoms with Gasteiger partial charge in [-0.3, -0.25) is 4.79 Å². The lowest BCUT2D eigenvalue weighted by atomic mass is 10.2. The molecule has 2 heterocycles. The van der Waals surface area contributed by atoms with E-state index < -0.39 is 0 Å². The molecule has 0 atom stereocenters. The standard InChI is InChI=1S/C13H11N3OS/c1-8-4-5-18-12(8)13(17)16-9-2-3-10-11(6-9)15-7-14-10/h2-7H,1H3,(H,14,15)(H,16,17). The van der Waals surface area contributed by atoms with Gasteiger partial charge in [-0.15, -0.1) is 11.3 Å². The number of thiophene rings is 1. The van der Waals surface area contributed by atoms with Gasteiger partial charge in [0.15, 0.2) is 0 Å². The van der Waals surface area contributed by atoms with Gasteiger partial charge in [0.25, 0.3) is 5.91 Å². The maximum Gasteiger partial charge on any atom is 0.265 e. The minimum Gasteiger partial charge on any atom is -0.345 e. The third-order valence-corrected chi connectivity index (χ3v) is 3.76. The van der Waals surface area contributed by atoms with Crippen LogP contribution in [0.3, 0.4) is 0 Å². The van der Waals surface area contributed by atoms with Gasteiger partial charge in [0.05, 0.1) is 22.2 Å². The molecule has 90 valence electrons. The molecule has 1 aromatic carbocycles. The molecule has 4 nitrogen and oxygen atoms in total. The van der Waals surface area contributed by atoms with Gasteiger partial charge in [-0.05, 0) is 42.1 Å². The van der Waals surface area contributed by atoms with E-state index >= 15 is 0 Å². The Hall–Kier alpha value is -2.14. The second kappa shape index (κ2) is 4.27. The quantitative estimate of drug-likeness (QED) is 0.740. The van der Waals surface area contributed by atoms with Crippen LogP contribution in [0.2, 0.25) is 0 Å². The molecule has 0 saturated carbocycles. The average Bonchev–Trinajstić information content (AvgIpc) is 2.96. The lowest BCUT2D eigenvalue weighted by Gasteiger charge is -2.04. The molecule has 18 heavy (non-hydrogen) atoms. The molecule has 2 N–H and O–H groups in total. The number of hydrogen-bond acceptors (Lipinski definition) is 3. The van der Waals surface area contributed by atoms with Crippen LogP contribution in [0.15, 0.2) is 36.0 Å². The minimum absolute atomic E-state index is 0.0682. The topological polar surface area (TPSA) is 57.8 Å².